The second kappa shape index (κ2) is 5.78. The summed E-state index contributed by atoms with van der Waals surface area (Å²) in [5.41, 5.74) is 5.94. The van der Waals surface area contributed by atoms with Gasteiger partial charge in [0.05, 0.1) is 7.11 Å². The lowest BCUT2D eigenvalue weighted by Crippen LogP contribution is -2.44. The van der Waals surface area contributed by atoms with Gasteiger partial charge in [-0.3, -0.25) is 0 Å². The molecule has 0 saturated carbocycles. The number of hydroxylamine groups is 1. The molecule has 9 heteroatoms. The van der Waals surface area contributed by atoms with Crippen LogP contribution in [0.1, 0.15) is 0 Å². The largest absolute Gasteiger partial charge is 0.467 e. The minimum atomic E-state index is -2.18. The molecule has 0 aliphatic heterocycles. The van der Waals surface area contributed by atoms with E-state index >= 15 is 0 Å². The molecule has 9 nitrogen and oxygen atoms in total. The average Bonchev–Trinajstić information content (AvgIpc) is 2.22. The fraction of sp³-hybridized carbons (Fsp3) is 0.500. The van der Waals surface area contributed by atoms with Crippen molar-refractivity contribution in [1.29, 1.82) is 0 Å². The summed E-state index contributed by atoms with van der Waals surface area (Å²) in [7, 11) is 0.950. The van der Waals surface area contributed by atoms with Crippen LogP contribution in [0.2, 0.25) is 0 Å². The molecule has 0 fully saturated rings. The zero-order valence-electron chi connectivity index (χ0n) is 7.67. The Morgan fingerprint density at radius 3 is 2.07 bits per heavy atom. The van der Waals surface area contributed by atoms with E-state index in [1.165, 1.54) is 5.48 Å². The van der Waals surface area contributed by atoms with Gasteiger partial charge in [0.15, 0.2) is 12.2 Å². The molecule has 0 bridgehead atoms. The normalized spacial score (nSPS) is 13.5. The molecule has 2 amide bonds. The van der Waals surface area contributed by atoms with Crippen LogP contribution in [0.15, 0.2) is 0 Å². The number of hydrogen-bond acceptors (Lipinski definition) is 7. The minimum absolute atomic E-state index is 0.950. The van der Waals surface area contributed by atoms with Crippen LogP contribution < -0.4 is 11.2 Å². The maximum absolute atomic E-state index is 10.8. The average molecular weight is 222 g/mol. The summed E-state index contributed by atoms with van der Waals surface area (Å²) in [6.45, 7) is 0. The van der Waals surface area contributed by atoms with E-state index in [9.17, 15) is 14.4 Å². The van der Waals surface area contributed by atoms with Gasteiger partial charge in [-0.25, -0.2) is 14.4 Å². The summed E-state index contributed by atoms with van der Waals surface area (Å²) in [5.74, 6) is -2.68. The molecular weight excluding hydrogens is 212 g/mol. The van der Waals surface area contributed by atoms with E-state index in [2.05, 4.69) is 15.3 Å². The number of carbonyl (C=O) groups excluding carboxylic acids is 3. The molecule has 0 aliphatic rings. The van der Waals surface area contributed by atoms with Crippen LogP contribution in [0, 0.1) is 0 Å². The molecule has 0 rings (SSSR count). The van der Waals surface area contributed by atoms with Crippen molar-refractivity contribution < 1.29 is 34.2 Å². The number of aliphatic hydroxyl groups excluding tert-OH is 2. The molecule has 2 atom stereocenters. The molecule has 0 aromatic carbocycles. The highest BCUT2D eigenvalue weighted by Gasteiger charge is 2.32. The Morgan fingerprint density at radius 2 is 1.67 bits per heavy atom. The lowest BCUT2D eigenvalue weighted by Gasteiger charge is -2.13. The number of urea groups is 1. The highest BCUT2D eigenvalue weighted by Crippen LogP contribution is 1.97. The quantitative estimate of drug-likeness (QED) is 0.294. The third-order valence-corrected chi connectivity index (χ3v) is 1.24. The summed E-state index contributed by atoms with van der Waals surface area (Å²) in [6, 6.07) is -1.18. The lowest BCUT2D eigenvalue weighted by molar-refractivity contribution is -0.174. The smallest absolute Gasteiger partial charge is 0.363 e. The zero-order chi connectivity index (χ0) is 12.0. The predicted octanol–water partition coefficient (Wildman–Crippen LogP) is -2.99. The number of nitrogens with two attached hydrogens (primary N) is 1. The second-order valence-corrected chi connectivity index (χ2v) is 2.30. The predicted molar refractivity (Wildman–Crippen MR) is 42.8 cm³/mol. The first-order valence-electron chi connectivity index (χ1n) is 3.60. The van der Waals surface area contributed by atoms with E-state index in [0.717, 1.165) is 7.11 Å². The number of esters is 1. The van der Waals surface area contributed by atoms with E-state index in [4.69, 9.17) is 10.2 Å². The van der Waals surface area contributed by atoms with Crippen molar-refractivity contribution in [3.8, 4) is 0 Å². The van der Waals surface area contributed by atoms with Crippen LogP contribution in [-0.4, -0.2) is 47.5 Å². The maximum atomic E-state index is 10.8. The van der Waals surface area contributed by atoms with Crippen molar-refractivity contribution in [1.82, 2.24) is 5.48 Å². The Balaban J connectivity index is 4.19. The molecule has 5 N–H and O–H groups in total. The van der Waals surface area contributed by atoms with Crippen LogP contribution in [0.4, 0.5) is 4.79 Å². The van der Waals surface area contributed by atoms with Gasteiger partial charge in [-0.15, -0.1) is 0 Å². The Morgan fingerprint density at radius 1 is 1.20 bits per heavy atom. The topological polar surface area (TPSA) is 148 Å². The van der Waals surface area contributed by atoms with Gasteiger partial charge in [0.1, 0.15) is 0 Å². The Kier molecular flexibility index (Phi) is 5.06. The number of amides is 2. The molecule has 0 saturated heterocycles. The fourth-order valence-corrected chi connectivity index (χ4v) is 0.540. The number of carbonyl (C=O) groups is 3. The highest BCUT2D eigenvalue weighted by atomic mass is 16.7. The van der Waals surface area contributed by atoms with Crippen molar-refractivity contribution in [2.75, 3.05) is 7.11 Å². The summed E-state index contributed by atoms with van der Waals surface area (Å²) < 4.78 is 4.04. The van der Waals surface area contributed by atoms with Gasteiger partial charge >= 0.3 is 18.0 Å². The fourth-order valence-electron chi connectivity index (χ4n) is 0.540. The number of hydrogen-bond donors (Lipinski definition) is 4. The minimum Gasteiger partial charge on any atom is -0.467 e. The van der Waals surface area contributed by atoms with E-state index < -0.39 is 30.2 Å². The van der Waals surface area contributed by atoms with Crippen molar-refractivity contribution in [2.45, 2.75) is 12.2 Å². The molecule has 0 aliphatic carbocycles. The van der Waals surface area contributed by atoms with Gasteiger partial charge < -0.3 is 25.5 Å². The molecule has 0 radical (unpaired) electrons. The molecule has 0 aromatic heterocycles. The summed E-state index contributed by atoms with van der Waals surface area (Å²) in [6.07, 6.45) is -4.28. The Hall–Kier alpha value is -1.87. The third kappa shape index (κ3) is 4.24. The van der Waals surface area contributed by atoms with Crippen molar-refractivity contribution >= 4 is 18.0 Å². The highest BCUT2D eigenvalue weighted by molar-refractivity contribution is 5.85. The van der Waals surface area contributed by atoms with Crippen LogP contribution >= 0.6 is 0 Å². The van der Waals surface area contributed by atoms with Crippen LogP contribution in [0.3, 0.4) is 0 Å². The summed E-state index contributed by atoms with van der Waals surface area (Å²) in [4.78, 5) is 35.4. The second-order valence-electron chi connectivity index (χ2n) is 2.30. The monoisotopic (exact) mass is 222 g/mol. The van der Waals surface area contributed by atoms with E-state index in [0.29, 0.717) is 0 Å². The molecular formula is C6H10N2O7. The molecule has 2 unspecified atom stereocenters. The van der Waals surface area contributed by atoms with Crippen LogP contribution in [0.5, 0.6) is 0 Å². The summed E-state index contributed by atoms with van der Waals surface area (Å²) in [5, 5.41) is 17.9. The number of methoxy groups -OCH3 is 1. The molecule has 86 valence electrons. The number of nitrogens with one attached hydrogen (secondary N) is 1. The van der Waals surface area contributed by atoms with Crippen molar-refractivity contribution in [3.63, 3.8) is 0 Å². The zero-order valence-corrected chi connectivity index (χ0v) is 7.67. The molecule has 0 spiro atoms. The summed E-state index contributed by atoms with van der Waals surface area (Å²) >= 11 is 0. The lowest BCUT2D eigenvalue weighted by atomic mass is 10.2. The standard InChI is InChI=1S/C6H10N2O7/c1-14-4(11)2(9)3(10)5(12)15-8-6(7)13/h2-3,9-10H,1H3,(H3,7,8,13). The molecule has 0 aromatic rings. The van der Waals surface area contributed by atoms with Crippen LogP contribution in [-0.2, 0) is 19.2 Å². The molecule has 15 heavy (non-hydrogen) atoms. The van der Waals surface area contributed by atoms with Gasteiger partial charge in [0.25, 0.3) is 0 Å². The SMILES string of the molecule is COC(=O)C(O)C(O)C(=O)ONC(N)=O. The number of ether oxygens (including phenoxy) is 1. The molecule has 0 heterocycles. The van der Waals surface area contributed by atoms with E-state index in [1.807, 2.05) is 0 Å². The van der Waals surface area contributed by atoms with E-state index in [-0.39, 0.29) is 0 Å². The van der Waals surface area contributed by atoms with Crippen molar-refractivity contribution in [2.24, 2.45) is 5.73 Å². The van der Waals surface area contributed by atoms with Crippen LogP contribution in [0.25, 0.3) is 0 Å². The van der Waals surface area contributed by atoms with Crippen molar-refractivity contribution in [3.05, 3.63) is 0 Å². The Bertz CT molecular complexity index is 266. The van der Waals surface area contributed by atoms with Gasteiger partial charge in [-0.05, 0) is 0 Å². The number of rotatable bonds is 3. The van der Waals surface area contributed by atoms with Gasteiger partial charge in [-0.2, -0.15) is 5.48 Å². The first kappa shape index (κ1) is 13.1. The first-order valence-corrected chi connectivity index (χ1v) is 3.60. The van der Waals surface area contributed by atoms with Gasteiger partial charge in [0, 0.05) is 0 Å². The van der Waals surface area contributed by atoms with E-state index in [1.54, 1.807) is 0 Å². The maximum Gasteiger partial charge on any atom is 0.363 e. The van der Waals surface area contributed by atoms with Gasteiger partial charge in [-0.1, -0.05) is 0 Å². The third-order valence-electron chi connectivity index (χ3n) is 1.24. The van der Waals surface area contributed by atoms with Gasteiger partial charge in [0.2, 0.25) is 0 Å². The first-order chi connectivity index (χ1) is 6.90. The Labute approximate surface area is 83.7 Å². The number of primary amides is 1. The number of aliphatic hydroxyl groups is 2.